The maximum absolute atomic E-state index is 13.5. The van der Waals surface area contributed by atoms with Gasteiger partial charge in [-0.05, 0) is 50.3 Å². The second-order valence-corrected chi connectivity index (χ2v) is 9.20. The fourth-order valence-corrected chi connectivity index (χ4v) is 5.24. The lowest BCUT2D eigenvalue weighted by molar-refractivity contribution is -0.126. The van der Waals surface area contributed by atoms with Crippen LogP contribution >= 0.6 is 0 Å². The first-order valence-electron chi connectivity index (χ1n) is 12.1. The molecule has 1 aromatic carbocycles. The highest BCUT2D eigenvalue weighted by atomic mass is 16.6. The molecule has 3 amide bonds. The summed E-state index contributed by atoms with van der Waals surface area (Å²) in [5.74, 6) is -0.327. The van der Waals surface area contributed by atoms with Gasteiger partial charge in [0.05, 0.1) is 37.3 Å². The molecule has 0 spiro atoms. The molecule has 3 fully saturated rings. The molecule has 178 valence electrons. The predicted molar refractivity (Wildman–Crippen MR) is 122 cm³/mol. The van der Waals surface area contributed by atoms with Gasteiger partial charge in [-0.15, -0.1) is 0 Å². The lowest BCUT2D eigenvalue weighted by atomic mass is 9.95. The topological polar surface area (TPSA) is 91.4 Å². The summed E-state index contributed by atoms with van der Waals surface area (Å²) in [4.78, 5) is 44.9. The highest BCUT2D eigenvalue weighted by Crippen LogP contribution is 2.40. The van der Waals surface area contributed by atoms with Crippen LogP contribution in [-0.4, -0.2) is 87.3 Å². The zero-order valence-corrected chi connectivity index (χ0v) is 19.0. The van der Waals surface area contributed by atoms with Crippen LogP contribution < -0.4 is 15.1 Å². The summed E-state index contributed by atoms with van der Waals surface area (Å²) >= 11 is 0. The molecule has 3 saturated heterocycles. The minimum Gasteiger partial charge on any atom is -0.376 e. The van der Waals surface area contributed by atoms with Gasteiger partial charge in [0.15, 0.2) is 0 Å². The number of piperidine rings is 1. The standard InChI is InChI=1S/C24H32N4O5/c29-22(25-14-18-16-32-11-12-33-18)15-28-21-13-17(23(30)26-8-3-4-9-26)6-7-19(21)27-10-2-1-5-20(27)24(28)31/h6-7,13,18,20H,1-5,8-12,14-16H2,(H,25,29). The first-order valence-corrected chi connectivity index (χ1v) is 12.1. The van der Waals surface area contributed by atoms with Crippen LogP contribution in [0.25, 0.3) is 0 Å². The molecule has 1 N–H and O–H groups in total. The Morgan fingerprint density at radius 1 is 1.03 bits per heavy atom. The molecule has 0 radical (unpaired) electrons. The van der Waals surface area contributed by atoms with E-state index in [2.05, 4.69) is 10.2 Å². The van der Waals surface area contributed by atoms with Crippen molar-refractivity contribution in [3.05, 3.63) is 23.8 Å². The summed E-state index contributed by atoms with van der Waals surface area (Å²) in [6, 6.07) is 5.35. The zero-order chi connectivity index (χ0) is 22.8. The number of carbonyl (C=O) groups excluding carboxylic acids is 3. The van der Waals surface area contributed by atoms with E-state index in [1.807, 2.05) is 17.0 Å². The van der Waals surface area contributed by atoms with E-state index in [1.165, 1.54) is 0 Å². The molecule has 1 aromatic rings. The third-order valence-corrected chi connectivity index (χ3v) is 6.98. The van der Waals surface area contributed by atoms with Gasteiger partial charge >= 0.3 is 0 Å². The second kappa shape index (κ2) is 9.69. The number of ether oxygens (including phenoxy) is 2. The Hall–Kier alpha value is -2.65. The molecule has 33 heavy (non-hydrogen) atoms. The van der Waals surface area contributed by atoms with E-state index < -0.39 is 0 Å². The van der Waals surface area contributed by atoms with Crippen LogP contribution in [-0.2, 0) is 19.1 Å². The maximum Gasteiger partial charge on any atom is 0.253 e. The molecule has 4 heterocycles. The third kappa shape index (κ3) is 4.56. The van der Waals surface area contributed by atoms with Gasteiger partial charge in [-0.3, -0.25) is 19.3 Å². The molecule has 4 aliphatic heterocycles. The summed E-state index contributed by atoms with van der Waals surface area (Å²) in [6.07, 6.45) is 4.66. The van der Waals surface area contributed by atoms with Crippen molar-refractivity contribution >= 4 is 29.1 Å². The van der Waals surface area contributed by atoms with Crippen LogP contribution in [0.5, 0.6) is 0 Å². The van der Waals surface area contributed by atoms with E-state index >= 15 is 0 Å². The molecular formula is C24H32N4O5. The molecule has 9 nitrogen and oxygen atoms in total. The summed E-state index contributed by atoms with van der Waals surface area (Å²) in [5.41, 5.74) is 2.14. The quantitative estimate of drug-likeness (QED) is 0.715. The van der Waals surface area contributed by atoms with Gasteiger partial charge in [0.1, 0.15) is 12.6 Å². The van der Waals surface area contributed by atoms with Crippen molar-refractivity contribution in [2.45, 2.75) is 44.2 Å². The third-order valence-electron chi connectivity index (χ3n) is 6.98. The number of fused-ring (bicyclic) bond motifs is 3. The Morgan fingerprint density at radius 3 is 2.64 bits per heavy atom. The lowest BCUT2D eigenvalue weighted by Crippen LogP contribution is -2.57. The number of hydrogen-bond acceptors (Lipinski definition) is 6. The number of carbonyl (C=O) groups is 3. The van der Waals surface area contributed by atoms with Crippen LogP contribution in [0.1, 0.15) is 42.5 Å². The normalized spacial score (nSPS) is 25.0. The molecular weight excluding hydrogens is 424 g/mol. The Bertz CT molecular complexity index is 910. The monoisotopic (exact) mass is 456 g/mol. The van der Waals surface area contributed by atoms with Crippen molar-refractivity contribution < 1.29 is 23.9 Å². The van der Waals surface area contributed by atoms with Crippen molar-refractivity contribution in [2.75, 3.05) is 62.3 Å². The number of likely N-dealkylation sites (tertiary alicyclic amines) is 1. The minimum absolute atomic E-state index is 0.0117. The van der Waals surface area contributed by atoms with E-state index in [0.717, 1.165) is 57.4 Å². The first-order chi connectivity index (χ1) is 16.1. The zero-order valence-electron chi connectivity index (χ0n) is 19.0. The van der Waals surface area contributed by atoms with E-state index in [9.17, 15) is 14.4 Å². The number of amides is 3. The number of benzene rings is 1. The highest BCUT2D eigenvalue weighted by Gasteiger charge is 2.40. The van der Waals surface area contributed by atoms with E-state index in [-0.39, 0.29) is 36.4 Å². The Labute approximate surface area is 194 Å². The molecule has 2 unspecified atom stereocenters. The van der Waals surface area contributed by atoms with Gasteiger partial charge in [0, 0.05) is 31.7 Å². The Morgan fingerprint density at radius 2 is 1.85 bits per heavy atom. The molecule has 0 aromatic heterocycles. The van der Waals surface area contributed by atoms with Gasteiger partial charge < -0.3 is 24.6 Å². The predicted octanol–water partition coefficient (Wildman–Crippen LogP) is 1.16. The van der Waals surface area contributed by atoms with Crippen LogP contribution in [0, 0.1) is 0 Å². The smallest absolute Gasteiger partial charge is 0.253 e. The van der Waals surface area contributed by atoms with Gasteiger partial charge in [-0.25, -0.2) is 0 Å². The van der Waals surface area contributed by atoms with E-state index in [0.29, 0.717) is 37.6 Å². The summed E-state index contributed by atoms with van der Waals surface area (Å²) in [7, 11) is 0. The van der Waals surface area contributed by atoms with Crippen LogP contribution in [0.4, 0.5) is 11.4 Å². The highest BCUT2D eigenvalue weighted by molar-refractivity contribution is 6.09. The molecule has 5 rings (SSSR count). The Balaban J connectivity index is 1.37. The SMILES string of the molecule is O=C(CN1C(=O)C2CCCCN2c2ccc(C(=O)N3CCCC3)cc21)NCC1COCCO1. The summed E-state index contributed by atoms with van der Waals surface area (Å²) < 4.78 is 11.0. The van der Waals surface area contributed by atoms with Crippen molar-refractivity contribution in [3.8, 4) is 0 Å². The largest absolute Gasteiger partial charge is 0.376 e. The Kier molecular flexibility index (Phi) is 6.50. The van der Waals surface area contributed by atoms with Gasteiger partial charge in [0.25, 0.3) is 5.91 Å². The van der Waals surface area contributed by atoms with Crippen LogP contribution in [0.2, 0.25) is 0 Å². The molecule has 4 aliphatic rings. The van der Waals surface area contributed by atoms with Gasteiger partial charge in [-0.2, -0.15) is 0 Å². The molecule has 2 atom stereocenters. The van der Waals surface area contributed by atoms with E-state index in [1.54, 1.807) is 11.0 Å². The maximum atomic E-state index is 13.5. The van der Waals surface area contributed by atoms with Crippen molar-refractivity contribution in [3.63, 3.8) is 0 Å². The number of anilines is 2. The first kappa shape index (κ1) is 22.2. The second-order valence-electron chi connectivity index (χ2n) is 9.20. The van der Waals surface area contributed by atoms with Crippen LogP contribution in [0.3, 0.4) is 0 Å². The molecule has 0 saturated carbocycles. The lowest BCUT2D eigenvalue weighted by Gasteiger charge is -2.45. The average molecular weight is 457 g/mol. The summed E-state index contributed by atoms with van der Waals surface area (Å²) in [6.45, 7) is 4.14. The fourth-order valence-electron chi connectivity index (χ4n) is 5.24. The fraction of sp³-hybridized carbons (Fsp3) is 0.625. The van der Waals surface area contributed by atoms with Crippen molar-refractivity contribution in [1.82, 2.24) is 10.2 Å². The van der Waals surface area contributed by atoms with Crippen LogP contribution in [0.15, 0.2) is 18.2 Å². The molecule has 0 aliphatic carbocycles. The number of nitrogens with zero attached hydrogens (tertiary/aromatic N) is 3. The number of hydrogen-bond donors (Lipinski definition) is 1. The van der Waals surface area contributed by atoms with Gasteiger partial charge in [0.2, 0.25) is 11.8 Å². The summed E-state index contributed by atoms with van der Waals surface area (Å²) in [5, 5.41) is 2.88. The molecule has 0 bridgehead atoms. The van der Waals surface area contributed by atoms with Crippen molar-refractivity contribution in [1.29, 1.82) is 0 Å². The number of nitrogens with one attached hydrogen (secondary N) is 1. The minimum atomic E-state index is -0.255. The van der Waals surface area contributed by atoms with Crippen molar-refractivity contribution in [2.24, 2.45) is 0 Å². The average Bonchev–Trinajstić information content (AvgIpc) is 3.40. The van der Waals surface area contributed by atoms with Gasteiger partial charge in [-0.1, -0.05) is 0 Å². The van der Waals surface area contributed by atoms with E-state index in [4.69, 9.17) is 9.47 Å². The molecule has 9 heteroatoms. The number of rotatable bonds is 5.